The van der Waals surface area contributed by atoms with Gasteiger partial charge in [-0.15, -0.1) is 0 Å². The van der Waals surface area contributed by atoms with E-state index in [2.05, 4.69) is 4.90 Å². The molecule has 2 unspecified atom stereocenters. The number of carbonyl (C=O) groups is 1. The molecule has 4 saturated heterocycles. The van der Waals surface area contributed by atoms with E-state index in [1.54, 1.807) is 0 Å². The Morgan fingerprint density at radius 2 is 1.55 bits per heavy atom. The number of hydrogen-bond acceptors (Lipinski definition) is 6. The number of likely N-dealkylation sites (tertiary alicyclic amines) is 1. The summed E-state index contributed by atoms with van der Waals surface area (Å²) >= 11 is 6.05. The first-order valence-corrected chi connectivity index (χ1v) is 17.5. The Morgan fingerprint density at radius 1 is 0.909 bits per heavy atom. The first-order valence-electron chi connectivity index (χ1n) is 15.7. The summed E-state index contributed by atoms with van der Waals surface area (Å²) in [4.78, 5) is 18.4. The number of rotatable bonds is 6. The van der Waals surface area contributed by atoms with Gasteiger partial charge in [-0.25, -0.2) is 22.0 Å². The molecule has 4 atom stereocenters. The first kappa shape index (κ1) is 30.3. The fraction of sp³-hybridized carbons (Fsp3) is 0.594. The molecule has 12 heteroatoms. The van der Waals surface area contributed by atoms with Crippen LogP contribution in [0.5, 0.6) is 0 Å². The quantitative estimate of drug-likeness (QED) is 0.388. The van der Waals surface area contributed by atoms with Crippen molar-refractivity contribution in [3.05, 3.63) is 64.7 Å². The zero-order valence-electron chi connectivity index (χ0n) is 24.5. The van der Waals surface area contributed by atoms with Gasteiger partial charge in [0, 0.05) is 29.2 Å². The SMILES string of the molecule is O=C(OC1([C@H]2COC[C@@H](c3cc(F)cc(F)c3)N2S(=O)(=O)c2ccc(Cl)cc2)CC1)N1C2CCC1CC(N1CCCCC1)C2. The molecule has 1 saturated carbocycles. The van der Waals surface area contributed by atoms with Gasteiger partial charge in [-0.1, -0.05) is 18.0 Å². The van der Waals surface area contributed by atoms with Crippen LogP contribution in [0.3, 0.4) is 0 Å². The van der Waals surface area contributed by atoms with Gasteiger partial charge in [-0.3, -0.25) is 0 Å². The summed E-state index contributed by atoms with van der Waals surface area (Å²) in [5, 5.41) is 0.373. The van der Waals surface area contributed by atoms with E-state index in [9.17, 15) is 22.0 Å². The molecule has 0 N–H and O–H groups in total. The number of carbonyl (C=O) groups excluding carboxylic acids is 1. The van der Waals surface area contributed by atoms with Crippen LogP contribution in [-0.2, 0) is 19.5 Å². The molecule has 4 aliphatic heterocycles. The van der Waals surface area contributed by atoms with Gasteiger partial charge in [-0.2, -0.15) is 4.31 Å². The average molecular weight is 650 g/mol. The van der Waals surface area contributed by atoms with Gasteiger partial charge in [0.05, 0.1) is 30.2 Å². The fourth-order valence-corrected chi connectivity index (χ4v) is 9.95. The van der Waals surface area contributed by atoms with Crippen LogP contribution in [0, 0.1) is 11.6 Å². The number of ether oxygens (including phenoxy) is 2. The molecule has 0 spiro atoms. The number of nitrogens with zero attached hydrogens (tertiary/aromatic N) is 3. The normalized spacial score (nSPS) is 30.7. The van der Waals surface area contributed by atoms with Gasteiger partial charge in [0.15, 0.2) is 0 Å². The Labute approximate surface area is 262 Å². The molecule has 2 aromatic rings. The minimum atomic E-state index is -4.24. The van der Waals surface area contributed by atoms with E-state index in [-0.39, 0.29) is 35.8 Å². The lowest BCUT2D eigenvalue weighted by Crippen LogP contribution is -2.59. The number of halogens is 3. The van der Waals surface area contributed by atoms with Crippen molar-refractivity contribution in [2.45, 2.75) is 98.5 Å². The first-order chi connectivity index (χ1) is 21.1. The van der Waals surface area contributed by atoms with E-state index in [0.29, 0.717) is 23.9 Å². The third-order valence-corrected chi connectivity index (χ3v) is 12.5. The van der Waals surface area contributed by atoms with E-state index in [4.69, 9.17) is 21.1 Å². The molecule has 238 valence electrons. The number of hydrogen-bond donors (Lipinski definition) is 0. The zero-order valence-corrected chi connectivity index (χ0v) is 26.1. The second-order valence-electron chi connectivity index (χ2n) is 13.0. The van der Waals surface area contributed by atoms with Crippen LogP contribution in [0.15, 0.2) is 47.4 Å². The molecular formula is C32H38ClF2N3O5S. The minimum absolute atomic E-state index is 0.0156. The zero-order chi connectivity index (χ0) is 30.6. The maximum atomic E-state index is 14.4. The number of morpholine rings is 1. The number of sulfonamides is 1. The lowest BCUT2D eigenvalue weighted by molar-refractivity contribution is -0.0768. The van der Waals surface area contributed by atoms with Crippen molar-refractivity contribution in [3.63, 3.8) is 0 Å². The second-order valence-corrected chi connectivity index (χ2v) is 15.3. The van der Waals surface area contributed by atoms with Crippen molar-refractivity contribution in [2.75, 3.05) is 26.3 Å². The molecule has 4 heterocycles. The summed E-state index contributed by atoms with van der Waals surface area (Å²) in [5.41, 5.74) is -0.978. The number of amides is 1. The standard InChI is InChI=1S/C32H38ClF2N3O5S/c33-22-4-8-28(9-5-22)44(40,41)38-29(21-14-23(34)16-24(35)15-21)19-42-20-30(38)32(10-11-32)43-31(39)37-25-6-7-26(37)18-27(17-25)36-12-2-1-3-13-36/h4-5,8-9,14-16,25-27,29-30H,1-3,6-7,10-13,17-20H2/t25?,26?,27?,29-,30+/m0/s1. The van der Waals surface area contributed by atoms with Crippen LogP contribution in [0.2, 0.25) is 5.02 Å². The van der Waals surface area contributed by atoms with Gasteiger partial charge >= 0.3 is 6.09 Å². The van der Waals surface area contributed by atoms with Crippen molar-refractivity contribution < 1.29 is 31.5 Å². The van der Waals surface area contributed by atoms with Crippen molar-refractivity contribution in [3.8, 4) is 0 Å². The second kappa shape index (κ2) is 11.8. The Balaban J connectivity index is 1.17. The van der Waals surface area contributed by atoms with Crippen LogP contribution in [0.4, 0.5) is 13.6 Å². The van der Waals surface area contributed by atoms with E-state index in [1.165, 1.54) is 47.8 Å². The van der Waals surface area contributed by atoms with Crippen molar-refractivity contribution in [1.82, 2.24) is 14.1 Å². The molecular weight excluding hydrogens is 612 g/mol. The summed E-state index contributed by atoms with van der Waals surface area (Å²) in [6, 6.07) is 7.53. The highest BCUT2D eigenvalue weighted by Gasteiger charge is 2.61. The predicted molar refractivity (Wildman–Crippen MR) is 160 cm³/mol. The monoisotopic (exact) mass is 649 g/mol. The molecule has 44 heavy (non-hydrogen) atoms. The highest BCUT2D eigenvalue weighted by Crippen LogP contribution is 2.51. The van der Waals surface area contributed by atoms with E-state index < -0.39 is 45.4 Å². The molecule has 1 aliphatic carbocycles. The summed E-state index contributed by atoms with van der Waals surface area (Å²) < 4.78 is 70.9. The molecule has 2 bridgehead atoms. The maximum Gasteiger partial charge on any atom is 0.410 e. The third-order valence-electron chi connectivity index (χ3n) is 10.3. The average Bonchev–Trinajstić information content (AvgIpc) is 3.74. The molecule has 5 fully saturated rings. The maximum absolute atomic E-state index is 14.4. The van der Waals surface area contributed by atoms with Gasteiger partial charge in [-0.05, 0) is 106 Å². The van der Waals surface area contributed by atoms with Gasteiger partial charge < -0.3 is 19.3 Å². The summed E-state index contributed by atoms with van der Waals surface area (Å²) in [7, 11) is -4.24. The molecule has 7 rings (SSSR count). The summed E-state index contributed by atoms with van der Waals surface area (Å²) in [6.45, 7) is 2.12. The Kier molecular flexibility index (Phi) is 8.14. The van der Waals surface area contributed by atoms with Crippen molar-refractivity contribution in [1.29, 1.82) is 0 Å². The number of fused-ring (bicyclic) bond motifs is 2. The van der Waals surface area contributed by atoms with Crippen LogP contribution in [0.25, 0.3) is 0 Å². The van der Waals surface area contributed by atoms with Crippen molar-refractivity contribution >= 4 is 27.7 Å². The number of piperidine rings is 2. The van der Waals surface area contributed by atoms with E-state index in [0.717, 1.165) is 57.0 Å². The largest absolute Gasteiger partial charge is 0.441 e. The predicted octanol–water partition coefficient (Wildman–Crippen LogP) is 5.90. The lowest BCUT2D eigenvalue weighted by Gasteiger charge is -2.46. The number of benzene rings is 2. The van der Waals surface area contributed by atoms with Crippen LogP contribution >= 0.6 is 11.6 Å². The Bertz CT molecular complexity index is 1470. The van der Waals surface area contributed by atoms with Gasteiger partial charge in [0.1, 0.15) is 17.2 Å². The molecule has 0 radical (unpaired) electrons. The van der Waals surface area contributed by atoms with Gasteiger partial charge in [0.25, 0.3) is 0 Å². The van der Waals surface area contributed by atoms with E-state index in [1.807, 2.05) is 4.90 Å². The highest BCUT2D eigenvalue weighted by atomic mass is 35.5. The minimum Gasteiger partial charge on any atom is -0.441 e. The third kappa shape index (κ3) is 5.63. The smallest absolute Gasteiger partial charge is 0.410 e. The Morgan fingerprint density at radius 3 is 2.16 bits per heavy atom. The molecule has 1 amide bonds. The van der Waals surface area contributed by atoms with Crippen LogP contribution < -0.4 is 0 Å². The summed E-state index contributed by atoms with van der Waals surface area (Å²) in [5.74, 6) is -1.64. The lowest BCUT2D eigenvalue weighted by atomic mass is 9.94. The van der Waals surface area contributed by atoms with Gasteiger partial charge in [0.2, 0.25) is 10.0 Å². The van der Waals surface area contributed by atoms with Crippen LogP contribution in [-0.4, -0.2) is 84.7 Å². The van der Waals surface area contributed by atoms with Crippen LogP contribution in [0.1, 0.15) is 69.4 Å². The highest BCUT2D eigenvalue weighted by molar-refractivity contribution is 7.89. The summed E-state index contributed by atoms with van der Waals surface area (Å²) in [6.07, 6.45) is 7.97. The topological polar surface area (TPSA) is 79.4 Å². The fourth-order valence-electron chi connectivity index (χ4n) is 7.99. The molecule has 0 aromatic heterocycles. The molecule has 2 aromatic carbocycles. The molecule has 8 nitrogen and oxygen atoms in total. The Hall–Kier alpha value is -2.31. The van der Waals surface area contributed by atoms with Crippen molar-refractivity contribution in [2.24, 2.45) is 0 Å². The van der Waals surface area contributed by atoms with E-state index >= 15 is 0 Å². The molecule has 5 aliphatic rings.